The van der Waals surface area contributed by atoms with Gasteiger partial charge in [0.25, 0.3) is 0 Å². The van der Waals surface area contributed by atoms with Crippen molar-refractivity contribution in [2.75, 3.05) is 5.73 Å². The Hall–Kier alpha value is -2.67. The summed E-state index contributed by atoms with van der Waals surface area (Å²) in [5.74, 6) is 3.79. The second-order valence-corrected chi connectivity index (χ2v) is 6.74. The van der Waals surface area contributed by atoms with Crippen LogP contribution in [0.15, 0.2) is 35.9 Å². The highest BCUT2D eigenvalue weighted by Gasteiger charge is 1.98. The average molecular weight is 386 g/mol. The van der Waals surface area contributed by atoms with Crippen molar-refractivity contribution in [2.24, 2.45) is 11.8 Å². The van der Waals surface area contributed by atoms with Crippen LogP contribution in [0, 0.1) is 35.0 Å². The Morgan fingerprint density at radius 3 is 2.04 bits per heavy atom. The Bertz CT molecular complexity index is 593. The molecule has 1 rings (SSSR count). The Morgan fingerprint density at radius 1 is 1.21 bits per heavy atom. The molecule has 0 aliphatic carbocycles. The minimum atomic E-state index is 0.167. The third-order valence-electron chi connectivity index (χ3n) is 3.33. The van der Waals surface area contributed by atoms with Crippen molar-refractivity contribution in [3.05, 3.63) is 41.5 Å². The van der Waals surface area contributed by atoms with E-state index in [-0.39, 0.29) is 5.78 Å². The molecule has 0 unspecified atom stereocenters. The van der Waals surface area contributed by atoms with E-state index in [1.54, 1.807) is 0 Å². The van der Waals surface area contributed by atoms with Gasteiger partial charge in [-0.3, -0.25) is 0 Å². The molecule has 0 aliphatic rings. The standard InChI is InChI=1S/C11H13N.C9H17N.C3H6O.CH3N/c1-3-9(2)8-10-4-6-11(12)7-5-10;1-4-5-8(2)6-9(3)7-10;1-3(2)4;1-2/h1,4-7,9H,8,12H2,2H3;6-8,10H,4-5H2,1-3H3;1-2H3;2H,1H2/t9-;8-;;/m10../s1. The number of carbonyl (C=O) groups excluding carboxylic acids is 1. The van der Waals surface area contributed by atoms with Crippen LogP contribution in [0.5, 0.6) is 0 Å². The lowest BCUT2D eigenvalue weighted by atomic mass is 10.0. The van der Waals surface area contributed by atoms with Crippen molar-refractivity contribution < 1.29 is 4.79 Å². The van der Waals surface area contributed by atoms with Crippen molar-refractivity contribution in [3.8, 4) is 12.3 Å². The van der Waals surface area contributed by atoms with Crippen LogP contribution in [0.3, 0.4) is 0 Å². The number of nitrogen functional groups attached to an aromatic ring is 1. The summed E-state index contributed by atoms with van der Waals surface area (Å²) in [6.45, 7) is 13.9. The van der Waals surface area contributed by atoms with Gasteiger partial charge in [0.05, 0.1) is 0 Å². The molecule has 0 bridgehead atoms. The molecule has 0 amide bonds. The lowest BCUT2D eigenvalue weighted by Crippen LogP contribution is -1.96. The highest BCUT2D eigenvalue weighted by Crippen LogP contribution is 2.10. The van der Waals surface area contributed by atoms with Gasteiger partial charge >= 0.3 is 0 Å². The number of rotatable bonds is 6. The van der Waals surface area contributed by atoms with Crippen molar-refractivity contribution in [2.45, 2.75) is 60.8 Å². The molecular weight excluding hydrogens is 346 g/mol. The second kappa shape index (κ2) is 20.6. The van der Waals surface area contributed by atoms with E-state index in [0.717, 1.165) is 17.7 Å². The summed E-state index contributed by atoms with van der Waals surface area (Å²) < 4.78 is 0. The Balaban J connectivity index is -0.000000353. The summed E-state index contributed by atoms with van der Waals surface area (Å²) >= 11 is 0. The van der Waals surface area contributed by atoms with Crippen LogP contribution in [0.1, 0.15) is 59.9 Å². The molecule has 4 heteroatoms. The number of allylic oxidation sites excluding steroid dienone is 2. The van der Waals surface area contributed by atoms with Crippen molar-refractivity contribution in [3.63, 3.8) is 0 Å². The molecule has 0 spiro atoms. The topological polar surface area (TPSA) is 90.8 Å². The molecular formula is C24H39N3O. The molecule has 1 aromatic carbocycles. The van der Waals surface area contributed by atoms with E-state index >= 15 is 0 Å². The van der Waals surface area contributed by atoms with E-state index in [1.165, 1.54) is 38.5 Å². The van der Waals surface area contributed by atoms with E-state index in [1.807, 2.05) is 38.1 Å². The average Bonchev–Trinajstić information content (AvgIpc) is 2.65. The number of Topliss-reactive ketones (excluding diaryl/α,β-unsaturated/α-hetero) is 1. The van der Waals surface area contributed by atoms with E-state index in [9.17, 15) is 4.79 Å². The van der Waals surface area contributed by atoms with Gasteiger partial charge in [-0.15, -0.1) is 12.3 Å². The molecule has 0 aliphatic heterocycles. The fourth-order valence-corrected chi connectivity index (χ4v) is 2.10. The van der Waals surface area contributed by atoms with Crippen LogP contribution in [0.4, 0.5) is 5.69 Å². The number of carbonyl (C=O) groups is 1. The zero-order valence-corrected chi connectivity index (χ0v) is 18.5. The first kappa shape index (κ1) is 30.1. The van der Waals surface area contributed by atoms with E-state index in [4.69, 9.17) is 23.0 Å². The third-order valence-corrected chi connectivity index (χ3v) is 3.33. The van der Waals surface area contributed by atoms with Gasteiger partial charge < -0.3 is 21.3 Å². The van der Waals surface area contributed by atoms with Crippen LogP contribution in [0.25, 0.3) is 0 Å². The van der Waals surface area contributed by atoms with Gasteiger partial charge in [0, 0.05) is 17.8 Å². The molecule has 0 aromatic heterocycles. The Morgan fingerprint density at radius 2 is 1.68 bits per heavy atom. The van der Waals surface area contributed by atoms with E-state index < -0.39 is 0 Å². The molecule has 0 heterocycles. The normalized spacial score (nSPS) is 11.5. The van der Waals surface area contributed by atoms with E-state index in [2.05, 4.69) is 32.6 Å². The maximum Gasteiger partial charge on any atom is 0.126 e. The summed E-state index contributed by atoms with van der Waals surface area (Å²) in [4.78, 5) is 9.44. The van der Waals surface area contributed by atoms with Crippen LogP contribution in [-0.2, 0) is 11.2 Å². The van der Waals surface area contributed by atoms with Gasteiger partial charge in [-0.1, -0.05) is 45.4 Å². The van der Waals surface area contributed by atoms with Gasteiger partial charge in [0.15, 0.2) is 0 Å². The number of hydrogen-bond acceptors (Lipinski definition) is 4. The molecule has 0 fully saturated rings. The fourth-order valence-electron chi connectivity index (χ4n) is 2.10. The summed E-state index contributed by atoms with van der Waals surface area (Å²) in [6, 6.07) is 7.84. The van der Waals surface area contributed by atoms with Gasteiger partial charge in [0.2, 0.25) is 0 Å². The van der Waals surface area contributed by atoms with Crippen molar-refractivity contribution >= 4 is 24.4 Å². The minimum Gasteiger partial charge on any atom is -0.399 e. The van der Waals surface area contributed by atoms with Crippen molar-refractivity contribution in [1.82, 2.24) is 0 Å². The highest BCUT2D eigenvalue weighted by molar-refractivity contribution is 5.74. The summed E-state index contributed by atoms with van der Waals surface area (Å²) in [5, 5.41) is 12.4. The van der Waals surface area contributed by atoms with Crippen LogP contribution in [0.2, 0.25) is 0 Å². The number of anilines is 1. The fraction of sp³-hybridized carbons (Fsp3) is 0.458. The zero-order chi connectivity index (χ0) is 22.5. The quantitative estimate of drug-likeness (QED) is 0.320. The number of nitrogens with two attached hydrogens (primary N) is 1. The molecule has 0 saturated carbocycles. The lowest BCUT2D eigenvalue weighted by Gasteiger charge is -2.03. The van der Waals surface area contributed by atoms with Gasteiger partial charge in [-0.25, -0.2) is 0 Å². The minimum absolute atomic E-state index is 0.167. The maximum absolute atomic E-state index is 9.44. The largest absolute Gasteiger partial charge is 0.399 e. The first-order valence-electron chi connectivity index (χ1n) is 9.48. The van der Waals surface area contributed by atoms with Crippen molar-refractivity contribution in [1.29, 1.82) is 10.8 Å². The molecule has 0 radical (unpaired) electrons. The summed E-state index contributed by atoms with van der Waals surface area (Å²) in [7, 11) is 0. The Labute approximate surface area is 172 Å². The highest BCUT2D eigenvalue weighted by atomic mass is 16.1. The van der Waals surface area contributed by atoms with Gasteiger partial charge in [-0.05, 0) is 69.5 Å². The number of benzene rings is 1. The molecule has 28 heavy (non-hydrogen) atoms. The maximum atomic E-state index is 9.44. The Kier molecular flexibility index (Phi) is 22.2. The monoisotopic (exact) mass is 385 g/mol. The summed E-state index contributed by atoms with van der Waals surface area (Å²) in [6.07, 6.45) is 12.2. The number of hydrogen-bond donors (Lipinski definition) is 3. The van der Waals surface area contributed by atoms with Crippen LogP contribution >= 0.6 is 0 Å². The predicted molar refractivity (Wildman–Crippen MR) is 125 cm³/mol. The smallest absolute Gasteiger partial charge is 0.126 e. The molecule has 0 saturated heterocycles. The zero-order valence-electron chi connectivity index (χ0n) is 18.5. The number of terminal acetylenes is 1. The second-order valence-electron chi connectivity index (χ2n) is 6.74. The van der Waals surface area contributed by atoms with E-state index in [0.29, 0.717) is 11.8 Å². The molecule has 2 atom stereocenters. The predicted octanol–water partition coefficient (Wildman–Crippen LogP) is 5.96. The number of ketones is 1. The molecule has 156 valence electrons. The van der Waals surface area contributed by atoms with Gasteiger partial charge in [-0.2, -0.15) is 0 Å². The number of nitrogens with one attached hydrogen (secondary N) is 2. The van der Waals surface area contributed by atoms with Gasteiger partial charge in [0.1, 0.15) is 5.78 Å². The third kappa shape index (κ3) is 23.3. The first-order chi connectivity index (χ1) is 13.2. The molecule has 4 nitrogen and oxygen atoms in total. The summed E-state index contributed by atoms with van der Waals surface area (Å²) in [5.41, 5.74) is 8.66. The van der Waals surface area contributed by atoms with Crippen LogP contribution < -0.4 is 5.73 Å². The first-order valence-corrected chi connectivity index (χ1v) is 9.48. The molecule has 1 aromatic rings. The SMILES string of the molecule is C#C[C@@H](C)Cc1ccc(N)cc1.C=N.CC(C)=O.CCC[C@H](C)C=C(C)C=N. The lowest BCUT2D eigenvalue weighted by molar-refractivity contribution is -0.114. The molecule has 4 N–H and O–H groups in total. The van der Waals surface area contributed by atoms with Crippen LogP contribution in [-0.4, -0.2) is 18.7 Å².